The Morgan fingerprint density at radius 1 is 1.44 bits per heavy atom. The van der Waals surface area contributed by atoms with Crippen molar-refractivity contribution < 1.29 is 9.84 Å². The molecule has 1 aromatic heterocycles. The van der Waals surface area contributed by atoms with Crippen LogP contribution < -0.4 is 10.1 Å². The van der Waals surface area contributed by atoms with Crippen LogP contribution in [0.1, 0.15) is 24.7 Å². The Kier molecular flexibility index (Phi) is 4.17. The third-order valence-electron chi connectivity index (χ3n) is 2.21. The van der Waals surface area contributed by atoms with Crippen molar-refractivity contribution in [3.63, 3.8) is 0 Å². The highest BCUT2D eigenvalue weighted by Crippen LogP contribution is 2.18. The van der Waals surface area contributed by atoms with Gasteiger partial charge in [0.2, 0.25) is 5.88 Å². The zero-order valence-corrected chi connectivity index (χ0v) is 10.2. The lowest BCUT2D eigenvalue weighted by atomic mass is 10.3. The van der Waals surface area contributed by atoms with Crippen molar-refractivity contribution >= 4 is 0 Å². The highest BCUT2D eigenvalue weighted by Gasteiger charge is 2.07. The first kappa shape index (κ1) is 12.4. The lowest BCUT2D eigenvalue weighted by Crippen LogP contribution is -2.16. The summed E-state index contributed by atoms with van der Waals surface area (Å²) in [7, 11) is 1.71. The minimum absolute atomic E-state index is 0.197. The Hall–Kier alpha value is -1.71. The third kappa shape index (κ3) is 2.89. The summed E-state index contributed by atoms with van der Waals surface area (Å²) in [5.41, 5.74) is 1.75. The largest absolute Gasteiger partial charge is 0.507 e. The minimum Gasteiger partial charge on any atom is -0.507 e. The molecule has 0 amide bonds. The van der Waals surface area contributed by atoms with Crippen LogP contribution in [0.5, 0.6) is 5.75 Å². The van der Waals surface area contributed by atoms with E-state index in [1.807, 2.05) is 32.9 Å². The first-order valence-corrected chi connectivity index (χ1v) is 5.30. The zero-order chi connectivity index (χ0) is 12.1. The number of hydrogen-bond acceptors (Lipinski definition) is 4. The number of ether oxygens (including phenoxy) is 1. The van der Waals surface area contributed by atoms with Crippen molar-refractivity contribution in [3.8, 4) is 5.75 Å². The van der Waals surface area contributed by atoms with Gasteiger partial charge in [-0.15, -0.1) is 0 Å². The molecule has 0 saturated heterocycles. The van der Waals surface area contributed by atoms with Gasteiger partial charge in [-0.05, 0) is 26.0 Å². The van der Waals surface area contributed by atoms with Gasteiger partial charge < -0.3 is 15.2 Å². The summed E-state index contributed by atoms with van der Waals surface area (Å²) in [6.45, 7) is 5.66. The summed E-state index contributed by atoms with van der Waals surface area (Å²) in [6.07, 6.45) is 0.522. The van der Waals surface area contributed by atoms with Gasteiger partial charge in [-0.1, -0.05) is 6.92 Å². The number of hydrogen-bond donors (Lipinski definition) is 2. The van der Waals surface area contributed by atoms with Crippen molar-refractivity contribution in [1.82, 2.24) is 10.3 Å². The van der Waals surface area contributed by atoms with Crippen molar-refractivity contribution in [1.29, 1.82) is 0 Å². The molecular weight excluding hydrogens is 204 g/mol. The molecule has 0 unspecified atom stereocenters. The number of aliphatic hydroxyl groups is 1. The Labute approximate surface area is 96.0 Å². The average molecular weight is 222 g/mol. The fraction of sp³-hybridized carbons (Fsp3) is 0.417. The number of aliphatic hydroxyl groups excluding tert-OH is 1. The number of aryl methyl sites for hydroxylation is 2. The maximum atomic E-state index is 9.60. The molecule has 1 aromatic rings. The molecule has 88 valence electrons. The van der Waals surface area contributed by atoms with Gasteiger partial charge in [0.1, 0.15) is 0 Å². The van der Waals surface area contributed by atoms with Crippen molar-refractivity contribution in [3.05, 3.63) is 35.2 Å². The van der Waals surface area contributed by atoms with Crippen LogP contribution in [0.3, 0.4) is 0 Å². The molecule has 0 aliphatic rings. The molecule has 0 atom stereocenters. The van der Waals surface area contributed by atoms with E-state index in [-0.39, 0.29) is 5.76 Å². The number of nitrogens with zero attached hydrogens (tertiary/aromatic N) is 1. The number of pyridine rings is 1. The van der Waals surface area contributed by atoms with Gasteiger partial charge in [-0.3, -0.25) is 4.98 Å². The monoisotopic (exact) mass is 222 g/mol. The molecule has 0 aliphatic carbocycles. The second-order valence-corrected chi connectivity index (χ2v) is 3.52. The van der Waals surface area contributed by atoms with Crippen molar-refractivity contribution in [2.75, 3.05) is 7.05 Å². The van der Waals surface area contributed by atoms with Crippen molar-refractivity contribution in [2.24, 2.45) is 0 Å². The second-order valence-electron chi connectivity index (χ2n) is 3.52. The van der Waals surface area contributed by atoms with Crippen LogP contribution in [0, 0.1) is 13.8 Å². The molecule has 4 heteroatoms. The molecule has 2 N–H and O–H groups in total. The molecule has 1 heterocycles. The fourth-order valence-electron chi connectivity index (χ4n) is 1.31. The Morgan fingerprint density at radius 2 is 2.12 bits per heavy atom. The van der Waals surface area contributed by atoms with E-state index >= 15 is 0 Å². The molecule has 0 aliphatic heterocycles. The molecule has 4 nitrogen and oxygen atoms in total. The standard InChI is InChI=1S/C12H18N2O2/c1-5-10(15)12(13-4)16-11-7-6-8(2)14-9(11)3/h6-7,13,15H,5H2,1-4H3/b12-10-. The van der Waals surface area contributed by atoms with Gasteiger partial charge in [-0.25, -0.2) is 0 Å². The van der Waals surface area contributed by atoms with E-state index < -0.39 is 0 Å². The van der Waals surface area contributed by atoms with E-state index in [1.54, 1.807) is 7.05 Å². The van der Waals surface area contributed by atoms with Crippen LogP contribution in [-0.4, -0.2) is 17.1 Å². The van der Waals surface area contributed by atoms with Gasteiger partial charge in [-0.2, -0.15) is 0 Å². The zero-order valence-electron chi connectivity index (χ0n) is 10.2. The summed E-state index contributed by atoms with van der Waals surface area (Å²) in [5, 5.41) is 12.4. The fourth-order valence-corrected chi connectivity index (χ4v) is 1.31. The lowest BCUT2D eigenvalue weighted by Gasteiger charge is -2.12. The SMILES string of the molecule is CC/C(O)=C(\NC)Oc1ccc(C)nc1C. The predicted molar refractivity (Wildman–Crippen MR) is 63.3 cm³/mol. The van der Waals surface area contributed by atoms with E-state index in [4.69, 9.17) is 4.74 Å². The summed E-state index contributed by atoms with van der Waals surface area (Å²) >= 11 is 0. The molecule has 0 spiro atoms. The van der Waals surface area contributed by atoms with Gasteiger partial charge in [0.25, 0.3) is 0 Å². The topological polar surface area (TPSA) is 54.4 Å². The summed E-state index contributed by atoms with van der Waals surface area (Å²) in [4.78, 5) is 4.29. The summed E-state index contributed by atoms with van der Waals surface area (Å²) in [6, 6.07) is 3.72. The Bertz CT molecular complexity index is 400. The number of rotatable bonds is 4. The third-order valence-corrected chi connectivity index (χ3v) is 2.21. The van der Waals surface area contributed by atoms with Crippen LogP contribution in [0.2, 0.25) is 0 Å². The van der Waals surface area contributed by atoms with E-state index in [9.17, 15) is 5.11 Å². The molecule has 0 fully saturated rings. The first-order chi connectivity index (χ1) is 7.58. The van der Waals surface area contributed by atoms with Crippen LogP contribution in [0.4, 0.5) is 0 Å². The maximum Gasteiger partial charge on any atom is 0.231 e. The first-order valence-electron chi connectivity index (χ1n) is 5.30. The normalized spacial score (nSPS) is 12.0. The molecule has 0 bridgehead atoms. The van der Waals surface area contributed by atoms with Crippen molar-refractivity contribution in [2.45, 2.75) is 27.2 Å². The molecule has 16 heavy (non-hydrogen) atoms. The summed E-state index contributed by atoms with van der Waals surface area (Å²) < 4.78 is 5.56. The number of allylic oxidation sites excluding steroid dienone is 1. The molecule has 0 saturated carbocycles. The molecule has 1 rings (SSSR count). The Morgan fingerprint density at radius 3 is 2.62 bits per heavy atom. The molecule has 0 aromatic carbocycles. The van der Waals surface area contributed by atoms with Gasteiger partial charge >= 0.3 is 0 Å². The number of nitrogens with one attached hydrogen (secondary N) is 1. The minimum atomic E-state index is 0.197. The second kappa shape index (κ2) is 5.39. The summed E-state index contributed by atoms with van der Waals surface area (Å²) in [5.74, 6) is 1.22. The number of aromatic nitrogens is 1. The highest BCUT2D eigenvalue weighted by atomic mass is 16.5. The van der Waals surface area contributed by atoms with Crippen LogP contribution in [0.15, 0.2) is 23.8 Å². The highest BCUT2D eigenvalue weighted by molar-refractivity contribution is 5.29. The van der Waals surface area contributed by atoms with Gasteiger partial charge in [0.05, 0.1) is 5.69 Å². The van der Waals surface area contributed by atoms with Gasteiger partial charge in [0, 0.05) is 19.2 Å². The van der Waals surface area contributed by atoms with Crippen LogP contribution >= 0.6 is 0 Å². The maximum absolute atomic E-state index is 9.60. The van der Waals surface area contributed by atoms with E-state index in [2.05, 4.69) is 10.3 Å². The van der Waals surface area contributed by atoms with E-state index in [1.165, 1.54) is 0 Å². The van der Waals surface area contributed by atoms with Gasteiger partial charge in [0.15, 0.2) is 11.5 Å². The quantitative estimate of drug-likeness (QED) is 0.768. The van der Waals surface area contributed by atoms with Crippen LogP contribution in [-0.2, 0) is 0 Å². The Balaban J connectivity index is 2.95. The smallest absolute Gasteiger partial charge is 0.231 e. The lowest BCUT2D eigenvalue weighted by molar-refractivity contribution is 0.304. The molecular formula is C12H18N2O2. The van der Waals surface area contributed by atoms with E-state index in [0.29, 0.717) is 18.1 Å². The average Bonchev–Trinajstić information content (AvgIpc) is 2.27. The molecule has 0 radical (unpaired) electrons. The van der Waals surface area contributed by atoms with E-state index in [0.717, 1.165) is 11.4 Å². The van der Waals surface area contributed by atoms with Crippen LogP contribution in [0.25, 0.3) is 0 Å². The predicted octanol–water partition coefficient (Wildman–Crippen LogP) is 2.43.